The highest BCUT2D eigenvalue weighted by molar-refractivity contribution is 7.16. The van der Waals surface area contributed by atoms with E-state index in [2.05, 4.69) is 15.0 Å². The zero-order chi connectivity index (χ0) is 16.9. The van der Waals surface area contributed by atoms with Crippen LogP contribution in [0.2, 0.25) is 0 Å². The predicted molar refractivity (Wildman–Crippen MR) is 93.1 cm³/mol. The number of hydrogen-bond acceptors (Lipinski definition) is 6. The van der Waals surface area contributed by atoms with Crippen LogP contribution < -0.4 is 10.2 Å². The third kappa shape index (κ3) is 3.58. The molecule has 0 bridgehead atoms. The quantitative estimate of drug-likeness (QED) is 0.862. The maximum absolute atomic E-state index is 12.5. The lowest BCUT2D eigenvalue weighted by Crippen LogP contribution is -2.36. The molecule has 1 aliphatic heterocycles. The molecule has 2 aromatic rings. The van der Waals surface area contributed by atoms with Crippen LogP contribution in [0, 0.1) is 0 Å². The fourth-order valence-corrected chi connectivity index (χ4v) is 3.33. The molecule has 7 heteroatoms. The molecule has 0 unspecified atom stereocenters. The molecule has 0 saturated carbocycles. The smallest absolute Gasteiger partial charge is 0.348 e. The van der Waals surface area contributed by atoms with Crippen LogP contribution >= 0.6 is 11.3 Å². The second-order valence-electron chi connectivity index (χ2n) is 5.23. The van der Waals surface area contributed by atoms with Gasteiger partial charge in [-0.25, -0.2) is 4.79 Å². The van der Waals surface area contributed by atoms with Gasteiger partial charge in [0.1, 0.15) is 4.88 Å². The summed E-state index contributed by atoms with van der Waals surface area (Å²) in [6, 6.07) is 10.9. The highest BCUT2D eigenvalue weighted by Gasteiger charge is 2.18. The van der Waals surface area contributed by atoms with Crippen LogP contribution in [-0.2, 0) is 9.47 Å². The molecule has 24 heavy (non-hydrogen) atoms. The van der Waals surface area contributed by atoms with E-state index in [-0.39, 0.29) is 5.91 Å². The Balaban J connectivity index is 1.77. The summed E-state index contributed by atoms with van der Waals surface area (Å²) >= 11 is 1.11. The van der Waals surface area contributed by atoms with Crippen LogP contribution in [0.3, 0.4) is 0 Å². The molecule has 1 N–H and O–H groups in total. The Morgan fingerprint density at radius 2 is 1.83 bits per heavy atom. The van der Waals surface area contributed by atoms with Crippen LogP contribution in [0.25, 0.3) is 0 Å². The van der Waals surface area contributed by atoms with E-state index in [1.54, 1.807) is 12.1 Å². The minimum atomic E-state index is -0.437. The van der Waals surface area contributed by atoms with Gasteiger partial charge in [-0.1, -0.05) is 12.1 Å². The van der Waals surface area contributed by atoms with E-state index in [0.29, 0.717) is 23.0 Å². The number of morpholine rings is 1. The van der Waals surface area contributed by atoms with Gasteiger partial charge in [-0.15, -0.1) is 11.3 Å². The molecular formula is C17H18N2O4S. The second kappa shape index (κ2) is 7.46. The summed E-state index contributed by atoms with van der Waals surface area (Å²) in [7, 11) is 1.32. The van der Waals surface area contributed by atoms with Crippen molar-refractivity contribution >= 4 is 34.6 Å². The van der Waals surface area contributed by atoms with Crippen molar-refractivity contribution in [1.29, 1.82) is 0 Å². The number of ether oxygens (including phenoxy) is 2. The molecule has 1 aromatic heterocycles. The van der Waals surface area contributed by atoms with E-state index in [1.807, 2.05) is 24.3 Å². The molecule has 0 radical (unpaired) electrons. The summed E-state index contributed by atoms with van der Waals surface area (Å²) in [5.74, 6) is -0.677. The van der Waals surface area contributed by atoms with E-state index in [1.165, 1.54) is 7.11 Å². The van der Waals surface area contributed by atoms with Crippen LogP contribution in [0.1, 0.15) is 19.3 Å². The molecule has 1 aromatic carbocycles. The van der Waals surface area contributed by atoms with Gasteiger partial charge in [0.2, 0.25) is 0 Å². The van der Waals surface area contributed by atoms with Crippen molar-refractivity contribution < 1.29 is 19.1 Å². The Labute approximate surface area is 144 Å². The molecular weight excluding hydrogens is 328 g/mol. The zero-order valence-electron chi connectivity index (χ0n) is 13.3. The number of para-hydroxylation sites is 2. The highest BCUT2D eigenvalue weighted by atomic mass is 32.1. The molecule has 1 saturated heterocycles. The fraction of sp³-hybridized carbons (Fsp3) is 0.294. The molecule has 126 valence electrons. The Kier molecular flexibility index (Phi) is 5.12. The van der Waals surface area contributed by atoms with Crippen molar-refractivity contribution in [3.8, 4) is 0 Å². The number of anilines is 2. The standard InChI is InChI=1S/C17H18N2O4S/c1-22-17(21)15-7-6-14(24-15)16(20)18-12-4-2-3-5-13(12)19-8-10-23-11-9-19/h2-7H,8-11H2,1H3,(H,18,20). The fourth-order valence-electron chi connectivity index (χ4n) is 2.51. The molecule has 2 heterocycles. The lowest BCUT2D eigenvalue weighted by Gasteiger charge is -2.30. The number of methoxy groups -OCH3 is 1. The molecule has 0 atom stereocenters. The highest BCUT2D eigenvalue weighted by Crippen LogP contribution is 2.27. The number of thiophene rings is 1. The van der Waals surface area contributed by atoms with Crippen molar-refractivity contribution in [3.63, 3.8) is 0 Å². The molecule has 0 aliphatic carbocycles. The summed E-state index contributed by atoms with van der Waals surface area (Å²) in [5, 5.41) is 2.93. The van der Waals surface area contributed by atoms with Crippen LogP contribution in [0.5, 0.6) is 0 Å². The molecule has 1 fully saturated rings. The number of carbonyl (C=O) groups is 2. The van der Waals surface area contributed by atoms with Crippen molar-refractivity contribution in [3.05, 3.63) is 46.2 Å². The van der Waals surface area contributed by atoms with Gasteiger partial charge in [0.05, 0.1) is 36.6 Å². The van der Waals surface area contributed by atoms with Gasteiger partial charge in [-0.2, -0.15) is 0 Å². The first kappa shape index (κ1) is 16.5. The van der Waals surface area contributed by atoms with Gasteiger partial charge in [0.25, 0.3) is 5.91 Å². The molecule has 6 nitrogen and oxygen atoms in total. The maximum atomic E-state index is 12.5. The van der Waals surface area contributed by atoms with Gasteiger partial charge >= 0.3 is 5.97 Å². The van der Waals surface area contributed by atoms with E-state index in [9.17, 15) is 9.59 Å². The van der Waals surface area contributed by atoms with Crippen LogP contribution in [0.4, 0.5) is 11.4 Å². The number of rotatable bonds is 4. The lowest BCUT2D eigenvalue weighted by molar-refractivity contribution is 0.0606. The number of nitrogens with zero attached hydrogens (tertiary/aromatic N) is 1. The van der Waals surface area contributed by atoms with E-state index in [4.69, 9.17) is 4.74 Å². The van der Waals surface area contributed by atoms with Crippen LogP contribution in [0.15, 0.2) is 36.4 Å². The van der Waals surface area contributed by atoms with Crippen molar-refractivity contribution in [2.45, 2.75) is 0 Å². The minimum Gasteiger partial charge on any atom is -0.465 e. The number of benzene rings is 1. The van der Waals surface area contributed by atoms with Crippen LogP contribution in [-0.4, -0.2) is 45.3 Å². The Morgan fingerprint density at radius 1 is 1.12 bits per heavy atom. The van der Waals surface area contributed by atoms with E-state index in [0.717, 1.165) is 35.8 Å². The van der Waals surface area contributed by atoms with E-state index < -0.39 is 5.97 Å². The monoisotopic (exact) mass is 346 g/mol. The first-order valence-corrected chi connectivity index (χ1v) is 8.42. The maximum Gasteiger partial charge on any atom is 0.348 e. The van der Waals surface area contributed by atoms with Crippen molar-refractivity contribution in [2.24, 2.45) is 0 Å². The van der Waals surface area contributed by atoms with Gasteiger partial charge in [-0.05, 0) is 24.3 Å². The zero-order valence-corrected chi connectivity index (χ0v) is 14.1. The largest absolute Gasteiger partial charge is 0.465 e. The molecule has 1 amide bonds. The Hall–Kier alpha value is -2.38. The summed E-state index contributed by atoms with van der Waals surface area (Å²) in [6.07, 6.45) is 0. The summed E-state index contributed by atoms with van der Waals surface area (Å²) in [4.78, 5) is 27.0. The number of nitrogens with one attached hydrogen (secondary N) is 1. The average Bonchev–Trinajstić information content (AvgIpc) is 3.12. The predicted octanol–water partition coefficient (Wildman–Crippen LogP) is 2.62. The minimum absolute atomic E-state index is 0.240. The summed E-state index contributed by atoms with van der Waals surface area (Å²) in [5.41, 5.74) is 1.72. The summed E-state index contributed by atoms with van der Waals surface area (Å²) < 4.78 is 10.0. The van der Waals surface area contributed by atoms with Crippen molar-refractivity contribution in [1.82, 2.24) is 0 Å². The van der Waals surface area contributed by atoms with E-state index >= 15 is 0 Å². The molecule has 3 rings (SSSR count). The van der Waals surface area contributed by atoms with Gasteiger partial charge in [0, 0.05) is 13.1 Å². The Bertz CT molecular complexity index is 738. The number of amides is 1. The average molecular weight is 346 g/mol. The molecule has 0 spiro atoms. The number of hydrogen-bond donors (Lipinski definition) is 1. The normalized spacial score (nSPS) is 14.3. The van der Waals surface area contributed by atoms with Crippen molar-refractivity contribution in [2.75, 3.05) is 43.6 Å². The number of carbonyl (C=O) groups excluding carboxylic acids is 2. The third-order valence-corrected chi connectivity index (χ3v) is 4.78. The first-order chi connectivity index (χ1) is 11.7. The third-order valence-electron chi connectivity index (χ3n) is 3.72. The SMILES string of the molecule is COC(=O)c1ccc(C(=O)Nc2ccccc2N2CCOCC2)s1. The topological polar surface area (TPSA) is 67.9 Å². The number of esters is 1. The summed E-state index contributed by atoms with van der Waals surface area (Å²) in [6.45, 7) is 2.93. The van der Waals surface area contributed by atoms with Gasteiger partial charge in [0.15, 0.2) is 0 Å². The lowest BCUT2D eigenvalue weighted by atomic mass is 10.2. The second-order valence-corrected chi connectivity index (χ2v) is 6.31. The van der Waals surface area contributed by atoms with Gasteiger partial charge in [-0.3, -0.25) is 4.79 Å². The Morgan fingerprint density at radius 3 is 2.58 bits per heavy atom. The van der Waals surface area contributed by atoms with Gasteiger partial charge < -0.3 is 19.7 Å². The first-order valence-electron chi connectivity index (χ1n) is 7.60. The molecule has 1 aliphatic rings.